The smallest absolute Gasteiger partial charge is 0.133 e. The standard InChI is InChI=1S/C18H35IO2/c1-5-7-8-10-17(19)11-12-18(20)13-15(3)16(9-6-2)14-21-4/h15-17H,5-14H2,1-4H3. The van der Waals surface area contributed by atoms with Crippen LogP contribution in [0.1, 0.15) is 78.6 Å². The van der Waals surface area contributed by atoms with Crippen LogP contribution in [0.5, 0.6) is 0 Å². The molecular formula is C18H35IO2. The van der Waals surface area contributed by atoms with Crippen molar-refractivity contribution in [1.29, 1.82) is 0 Å². The molecule has 0 aromatic rings. The summed E-state index contributed by atoms with van der Waals surface area (Å²) in [7, 11) is 1.76. The number of halogens is 1. The third-order valence-corrected chi connectivity index (χ3v) is 5.50. The first-order valence-electron chi connectivity index (χ1n) is 8.69. The van der Waals surface area contributed by atoms with Crippen LogP contribution in [0.3, 0.4) is 0 Å². The highest BCUT2D eigenvalue weighted by molar-refractivity contribution is 14.1. The average Bonchev–Trinajstić information content (AvgIpc) is 2.45. The maximum absolute atomic E-state index is 12.2. The third kappa shape index (κ3) is 11.6. The lowest BCUT2D eigenvalue weighted by Gasteiger charge is -2.22. The number of rotatable bonds is 14. The molecule has 0 aliphatic rings. The normalized spacial score (nSPS) is 15.7. The molecule has 3 atom stereocenters. The summed E-state index contributed by atoms with van der Waals surface area (Å²) in [5, 5.41) is 0. The van der Waals surface area contributed by atoms with Gasteiger partial charge >= 0.3 is 0 Å². The van der Waals surface area contributed by atoms with Gasteiger partial charge in [0.25, 0.3) is 0 Å². The van der Waals surface area contributed by atoms with Crippen molar-refractivity contribution in [3.63, 3.8) is 0 Å². The lowest BCUT2D eigenvalue weighted by Crippen LogP contribution is -2.20. The number of carbonyl (C=O) groups is 1. The maximum atomic E-state index is 12.2. The second kappa shape index (κ2) is 14.0. The Morgan fingerprint density at radius 3 is 2.38 bits per heavy atom. The summed E-state index contributed by atoms with van der Waals surface area (Å²) in [5.74, 6) is 1.42. The van der Waals surface area contributed by atoms with E-state index in [1.807, 2.05) is 0 Å². The minimum Gasteiger partial charge on any atom is -0.384 e. The van der Waals surface area contributed by atoms with Gasteiger partial charge < -0.3 is 4.74 Å². The minimum absolute atomic E-state index is 0.442. The highest BCUT2D eigenvalue weighted by Gasteiger charge is 2.19. The quantitative estimate of drug-likeness (QED) is 0.205. The first kappa shape index (κ1) is 21.4. The van der Waals surface area contributed by atoms with Crippen molar-refractivity contribution in [3.05, 3.63) is 0 Å². The third-order valence-electron chi connectivity index (χ3n) is 4.25. The number of hydrogen-bond acceptors (Lipinski definition) is 2. The van der Waals surface area contributed by atoms with Crippen LogP contribution >= 0.6 is 22.6 Å². The number of hydrogen-bond donors (Lipinski definition) is 0. The molecule has 0 saturated carbocycles. The van der Waals surface area contributed by atoms with Gasteiger partial charge in [0.2, 0.25) is 0 Å². The molecule has 0 fully saturated rings. The molecule has 0 aromatic heterocycles. The Kier molecular flexibility index (Phi) is 14.2. The van der Waals surface area contributed by atoms with Gasteiger partial charge in [-0.3, -0.25) is 4.79 Å². The molecule has 0 radical (unpaired) electrons. The molecule has 3 heteroatoms. The summed E-state index contributed by atoms with van der Waals surface area (Å²) in [6.45, 7) is 7.43. The zero-order valence-electron chi connectivity index (χ0n) is 14.5. The Labute approximate surface area is 145 Å². The number of Topliss-reactive ketones (excluding diaryl/α,β-unsaturated/α-hetero) is 1. The number of carbonyl (C=O) groups excluding carboxylic acids is 1. The maximum Gasteiger partial charge on any atom is 0.133 e. The number of ketones is 1. The lowest BCUT2D eigenvalue weighted by atomic mass is 9.86. The summed E-state index contributed by atoms with van der Waals surface area (Å²) < 4.78 is 5.97. The first-order chi connectivity index (χ1) is 10.0. The Morgan fingerprint density at radius 1 is 1.10 bits per heavy atom. The van der Waals surface area contributed by atoms with Crippen molar-refractivity contribution in [3.8, 4) is 0 Å². The minimum atomic E-state index is 0.442. The van der Waals surface area contributed by atoms with Gasteiger partial charge in [-0.1, -0.05) is 69.0 Å². The van der Waals surface area contributed by atoms with Gasteiger partial charge in [0, 0.05) is 30.5 Å². The van der Waals surface area contributed by atoms with Crippen LogP contribution in [0, 0.1) is 11.8 Å². The van der Waals surface area contributed by atoms with E-state index < -0.39 is 0 Å². The van der Waals surface area contributed by atoms with Crippen LogP contribution < -0.4 is 0 Å². The fourth-order valence-electron chi connectivity index (χ4n) is 2.82. The van der Waals surface area contributed by atoms with Crippen LogP contribution in [0.25, 0.3) is 0 Å². The van der Waals surface area contributed by atoms with Crippen molar-refractivity contribution in [1.82, 2.24) is 0 Å². The number of unbranched alkanes of at least 4 members (excludes halogenated alkanes) is 2. The second-order valence-corrected chi connectivity index (χ2v) is 8.12. The molecule has 2 nitrogen and oxygen atoms in total. The average molecular weight is 410 g/mol. The number of ether oxygens (including phenoxy) is 1. The SMILES string of the molecule is CCCCCC(I)CCC(=O)CC(C)C(CCC)COC. The monoisotopic (exact) mass is 410 g/mol. The Balaban J connectivity index is 3.94. The molecular weight excluding hydrogens is 375 g/mol. The van der Waals surface area contributed by atoms with Gasteiger partial charge in [0.1, 0.15) is 5.78 Å². The van der Waals surface area contributed by atoms with Gasteiger partial charge in [-0.15, -0.1) is 0 Å². The van der Waals surface area contributed by atoms with Crippen molar-refractivity contribution in [2.24, 2.45) is 11.8 Å². The molecule has 21 heavy (non-hydrogen) atoms. The molecule has 0 rings (SSSR count). The van der Waals surface area contributed by atoms with Crippen molar-refractivity contribution >= 4 is 28.4 Å². The van der Waals surface area contributed by atoms with Crippen LogP contribution in [0.15, 0.2) is 0 Å². The highest BCUT2D eigenvalue weighted by Crippen LogP contribution is 2.23. The van der Waals surface area contributed by atoms with E-state index in [1.54, 1.807) is 7.11 Å². The summed E-state index contributed by atoms with van der Waals surface area (Å²) in [6, 6.07) is 0. The molecule has 0 heterocycles. The van der Waals surface area contributed by atoms with Crippen molar-refractivity contribution in [2.75, 3.05) is 13.7 Å². The molecule has 0 aliphatic heterocycles. The van der Waals surface area contributed by atoms with E-state index in [0.29, 0.717) is 21.5 Å². The number of alkyl halides is 1. The van der Waals surface area contributed by atoms with Gasteiger partial charge in [0.05, 0.1) is 0 Å². The van der Waals surface area contributed by atoms with Crippen LogP contribution in [-0.4, -0.2) is 23.4 Å². The van der Waals surface area contributed by atoms with Crippen LogP contribution in [0.4, 0.5) is 0 Å². The van der Waals surface area contributed by atoms with Crippen LogP contribution in [-0.2, 0) is 9.53 Å². The fourth-order valence-corrected chi connectivity index (χ4v) is 3.57. The Bertz CT molecular complexity index is 250. The molecule has 3 unspecified atom stereocenters. The van der Waals surface area contributed by atoms with E-state index in [1.165, 1.54) is 32.1 Å². The Hall–Kier alpha value is 0.360. The molecule has 0 aromatic carbocycles. The molecule has 0 N–H and O–H groups in total. The zero-order chi connectivity index (χ0) is 16.1. The molecule has 0 spiro atoms. The van der Waals surface area contributed by atoms with E-state index in [4.69, 9.17) is 4.74 Å². The van der Waals surface area contributed by atoms with Crippen molar-refractivity contribution < 1.29 is 9.53 Å². The molecule has 0 saturated heterocycles. The van der Waals surface area contributed by atoms with E-state index in [9.17, 15) is 4.79 Å². The fraction of sp³-hybridized carbons (Fsp3) is 0.944. The zero-order valence-corrected chi connectivity index (χ0v) is 16.7. The van der Waals surface area contributed by atoms with Gasteiger partial charge in [-0.05, 0) is 31.1 Å². The highest BCUT2D eigenvalue weighted by atomic mass is 127. The van der Waals surface area contributed by atoms with E-state index in [-0.39, 0.29) is 0 Å². The van der Waals surface area contributed by atoms with Gasteiger partial charge in [-0.2, -0.15) is 0 Å². The van der Waals surface area contributed by atoms with Gasteiger partial charge in [-0.25, -0.2) is 0 Å². The topological polar surface area (TPSA) is 26.3 Å². The summed E-state index contributed by atoms with van der Waals surface area (Å²) >= 11 is 2.52. The van der Waals surface area contributed by atoms with Crippen molar-refractivity contribution in [2.45, 2.75) is 82.5 Å². The Morgan fingerprint density at radius 2 is 1.81 bits per heavy atom. The van der Waals surface area contributed by atoms with E-state index in [2.05, 4.69) is 43.4 Å². The van der Waals surface area contributed by atoms with E-state index in [0.717, 1.165) is 32.3 Å². The van der Waals surface area contributed by atoms with Crippen LogP contribution in [0.2, 0.25) is 0 Å². The summed E-state index contributed by atoms with van der Waals surface area (Å²) in [4.78, 5) is 12.2. The lowest BCUT2D eigenvalue weighted by molar-refractivity contribution is -0.120. The molecule has 0 bridgehead atoms. The molecule has 0 aliphatic carbocycles. The molecule has 126 valence electrons. The number of methoxy groups -OCH3 is 1. The van der Waals surface area contributed by atoms with E-state index >= 15 is 0 Å². The predicted molar refractivity (Wildman–Crippen MR) is 100 cm³/mol. The first-order valence-corrected chi connectivity index (χ1v) is 9.94. The largest absolute Gasteiger partial charge is 0.384 e. The molecule has 0 amide bonds. The van der Waals surface area contributed by atoms with Gasteiger partial charge in [0.15, 0.2) is 0 Å². The predicted octanol–water partition coefficient (Wildman–Crippen LogP) is 5.81. The second-order valence-electron chi connectivity index (χ2n) is 6.36. The summed E-state index contributed by atoms with van der Waals surface area (Å²) in [6.07, 6.45) is 10.0. The summed E-state index contributed by atoms with van der Waals surface area (Å²) in [5.41, 5.74) is 0.